The molecule has 0 fully saturated rings. The molecular formula is C16H18N2O2S2. The summed E-state index contributed by atoms with van der Waals surface area (Å²) in [6.07, 6.45) is 0. The van der Waals surface area contributed by atoms with Crippen molar-refractivity contribution in [3.05, 3.63) is 46.8 Å². The van der Waals surface area contributed by atoms with Gasteiger partial charge in [-0.25, -0.2) is 0 Å². The standard InChI is InChI=1S/C16H18N2O2S2/c1-10(2)22-12-6-4-11(5-7-12)14(19)18-16-13(8-9-21-16)15(20)17-3/h4-10H,1-3H3,(H,17,20)(H,18,19). The monoisotopic (exact) mass is 334 g/mol. The van der Waals surface area contributed by atoms with Crippen LogP contribution in [0.5, 0.6) is 0 Å². The van der Waals surface area contributed by atoms with Gasteiger partial charge in [0.25, 0.3) is 11.8 Å². The topological polar surface area (TPSA) is 58.2 Å². The Bertz CT molecular complexity index is 663. The highest BCUT2D eigenvalue weighted by Gasteiger charge is 2.14. The van der Waals surface area contributed by atoms with Crippen molar-refractivity contribution in [3.63, 3.8) is 0 Å². The third kappa shape index (κ3) is 4.11. The molecule has 0 spiro atoms. The Hall–Kier alpha value is -1.79. The van der Waals surface area contributed by atoms with Crippen LogP contribution in [0.1, 0.15) is 34.6 Å². The van der Waals surface area contributed by atoms with E-state index < -0.39 is 0 Å². The van der Waals surface area contributed by atoms with Gasteiger partial charge in [0, 0.05) is 22.8 Å². The molecule has 1 aromatic carbocycles. The van der Waals surface area contributed by atoms with Crippen molar-refractivity contribution < 1.29 is 9.59 Å². The van der Waals surface area contributed by atoms with Crippen molar-refractivity contribution in [1.82, 2.24) is 5.32 Å². The van der Waals surface area contributed by atoms with Gasteiger partial charge in [-0.2, -0.15) is 0 Å². The number of nitrogens with one attached hydrogen (secondary N) is 2. The molecule has 0 saturated carbocycles. The molecule has 0 atom stereocenters. The van der Waals surface area contributed by atoms with Crippen LogP contribution in [-0.2, 0) is 0 Å². The largest absolute Gasteiger partial charge is 0.355 e. The lowest BCUT2D eigenvalue weighted by atomic mass is 10.2. The summed E-state index contributed by atoms with van der Waals surface area (Å²) in [5.74, 6) is -0.422. The summed E-state index contributed by atoms with van der Waals surface area (Å²) in [5, 5.41) is 8.20. The van der Waals surface area contributed by atoms with Crippen molar-refractivity contribution in [3.8, 4) is 0 Å². The van der Waals surface area contributed by atoms with E-state index in [9.17, 15) is 9.59 Å². The lowest BCUT2D eigenvalue weighted by molar-refractivity contribution is 0.0964. The van der Waals surface area contributed by atoms with Gasteiger partial charge in [0.2, 0.25) is 0 Å². The van der Waals surface area contributed by atoms with Crippen molar-refractivity contribution in [2.24, 2.45) is 0 Å². The maximum absolute atomic E-state index is 12.3. The molecule has 0 aliphatic rings. The van der Waals surface area contributed by atoms with E-state index in [2.05, 4.69) is 24.5 Å². The van der Waals surface area contributed by atoms with Crippen LogP contribution < -0.4 is 10.6 Å². The molecule has 0 unspecified atom stereocenters. The number of hydrogen-bond donors (Lipinski definition) is 2. The Morgan fingerprint density at radius 2 is 1.77 bits per heavy atom. The summed E-state index contributed by atoms with van der Waals surface area (Å²) in [5.41, 5.74) is 1.05. The van der Waals surface area contributed by atoms with Gasteiger partial charge in [-0.1, -0.05) is 13.8 Å². The second kappa shape index (κ2) is 7.47. The van der Waals surface area contributed by atoms with Crippen molar-refractivity contribution in [2.75, 3.05) is 12.4 Å². The number of thiophene rings is 1. The number of anilines is 1. The smallest absolute Gasteiger partial charge is 0.256 e. The molecule has 1 heterocycles. The van der Waals surface area contributed by atoms with Crippen LogP contribution in [0.4, 0.5) is 5.00 Å². The summed E-state index contributed by atoms with van der Waals surface area (Å²) in [6, 6.07) is 9.17. The minimum atomic E-state index is -0.214. The van der Waals surface area contributed by atoms with Gasteiger partial charge in [-0.3, -0.25) is 9.59 Å². The number of carbonyl (C=O) groups excluding carboxylic acids is 2. The zero-order valence-electron chi connectivity index (χ0n) is 12.7. The second-order valence-electron chi connectivity index (χ2n) is 4.89. The third-order valence-corrected chi connectivity index (χ3v) is 4.70. The van der Waals surface area contributed by atoms with E-state index in [1.54, 1.807) is 42.4 Å². The van der Waals surface area contributed by atoms with Gasteiger partial charge in [-0.05, 0) is 35.7 Å². The lowest BCUT2D eigenvalue weighted by Crippen LogP contribution is -2.20. The molecule has 2 amide bonds. The van der Waals surface area contributed by atoms with Crippen LogP contribution in [0, 0.1) is 0 Å². The Labute approximate surface area is 138 Å². The highest BCUT2D eigenvalue weighted by atomic mass is 32.2. The van der Waals surface area contributed by atoms with Gasteiger partial charge in [0.1, 0.15) is 5.00 Å². The molecule has 0 aliphatic heterocycles. The first-order valence-electron chi connectivity index (χ1n) is 6.89. The van der Waals surface area contributed by atoms with Crippen LogP contribution in [0.3, 0.4) is 0 Å². The zero-order valence-corrected chi connectivity index (χ0v) is 14.3. The fraction of sp³-hybridized carbons (Fsp3) is 0.250. The van der Waals surface area contributed by atoms with Gasteiger partial charge in [-0.15, -0.1) is 23.1 Å². The molecule has 6 heteroatoms. The molecular weight excluding hydrogens is 316 g/mol. The SMILES string of the molecule is CNC(=O)c1ccsc1NC(=O)c1ccc(SC(C)C)cc1. The molecule has 0 bridgehead atoms. The Kier molecular flexibility index (Phi) is 5.63. The predicted octanol–water partition coefficient (Wildman–Crippen LogP) is 3.86. The highest BCUT2D eigenvalue weighted by Crippen LogP contribution is 2.25. The van der Waals surface area contributed by atoms with Gasteiger partial charge >= 0.3 is 0 Å². The fourth-order valence-electron chi connectivity index (χ4n) is 1.85. The molecule has 116 valence electrons. The minimum absolute atomic E-state index is 0.208. The fourth-order valence-corrected chi connectivity index (χ4v) is 3.47. The van der Waals surface area contributed by atoms with Crippen LogP contribution in [0.2, 0.25) is 0 Å². The molecule has 2 rings (SSSR count). The number of rotatable bonds is 5. The second-order valence-corrected chi connectivity index (χ2v) is 7.45. The molecule has 0 radical (unpaired) electrons. The molecule has 1 aromatic heterocycles. The average molecular weight is 334 g/mol. The first kappa shape index (κ1) is 16.6. The third-order valence-electron chi connectivity index (χ3n) is 2.85. The lowest BCUT2D eigenvalue weighted by Gasteiger charge is -2.07. The number of hydrogen-bond acceptors (Lipinski definition) is 4. The maximum Gasteiger partial charge on any atom is 0.256 e. The number of thioether (sulfide) groups is 1. The van der Waals surface area contributed by atoms with E-state index in [1.807, 2.05) is 12.1 Å². The quantitative estimate of drug-likeness (QED) is 0.816. The predicted molar refractivity (Wildman–Crippen MR) is 93.1 cm³/mol. The van der Waals surface area contributed by atoms with E-state index in [-0.39, 0.29) is 11.8 Å². The van der Waals surface area contributed by atoms with Crippen molar-refractivity contribution in [2.45, 2.75) is 24.0 Å². The molecule has 4 nitrogen and oxygen atoms in total. The van der Waals surface area contributed by atoms with Gasteiger partial charge in [0.15, 0.2) is 0 Å². The molecule has 2 N–H and O–H groups in total. The zero-order chi connectivity index (χ0) is 16.1. The summed E-state index contributed by atoms with van der Waals surface area (Å²) >= 11 is 3.08. The molecule has 0 aliphatic carbocycles. The van der Waals surface area contributed by atoms with E-state index >= 15 is 0 Å². The number of benzene rings is 1. The highest BCUT2D eigenvalue weighted by molar-refractivity contribution is 7.99. The number of amides is 2. The Balaban J connectivity index is 2.09. The molecule has 22 heavy (non-hydrogen) atoms. The normalized spacial score (nSPS) is 10.5. The Morgan fingerprint density at radius 3 is 2.36 bits per heavy atom. The Morgan fingerprint density at radius 1 is 1.09 bits per heavy atom. The summed E-state index contributed by atoms with van der Waals surface area (Å²) in [6.45, 7) is 4.25. The maximum atomic E-state index is 12.3. The van der Waals surface area contributed by atoms with E-state index in [0.717, 1.165) is 4.90 Å². The van der Waals surface area contributed by atoms with E-state index in [1.165, 1.54) is 11.3 Å². The minimum Gasteiger partial charge on any atom is -0.355 e. The first-order valence-corrected chi connectivity index (χ1v) is 8.65. The van der Waals surface area contributed by atoms with Crippen LogP contribution in [0.15, 0.2) is 40.6 Å². The van der Waals surface area contributed by atoms with E-state index in [4.69, 9.17) is 0 Å². The van der Waals surface area contributed by atoms with Crippen molar-refractivity contribution >= 4 is 39.9 Å². The van der Waals surface area contributed by atoms with Crippen LogP contribution >= 0.6 is 23.1 Å². The summed E-state index contributed by atoms with van der Waals surface area (Å²) < 4.78 is 0. The van der Waals surface area contributed by atoms with Gasteiger partial charge in [0.05, 0.1) is 5.56 Å². The van der Waals surface area contributed by atoms with Gasteiger partial charge < -0.3 is 10.6 Å². The molecule has 2 aromatic rings. The summed E-state index contributed by atoms with van der Waals surface area (Å²) in [7, 11) is 1.57. The van der Waals surface area contributed by atoms with Crippen LogP contribution in [0.25, 0.3) is 0 Å². The average Bonchev–Trinajstić information content (AvgIpc) is 2.94. The van der Waals surface area contributed by atoms with Crippen LogP contribution in [-0.4, -0.2) is 24.1 Å². The molecule has 0 saturated heterocycles. The van der Waals surface area contributed by atoms with E-state index in [0.29, 0.717) is 21.4 Å². The number of carbonyl (C=O) groups is 2. The summed E-state index contributed by atoms with van der Waals surface area (Å²) in [4.78, 5) is 25.1. The van der Waals surface area contributed by atoms with Crippen molar-refractivity contribution in [1.29, 1.82) is 0 Å². The first-order chi connectivity index (χ1) is 10.5.